The molecule has 7 nitrogen and oxygen atoms in total. The molecule has 4 rings (SSSR count). The number of ether oxygens (including phenoxy) is 1. The third-order valence-electron chi connectivity index (χ3n) is 5.34. The van der Waals surface area contributed by atoms with Crippen molar-refractivity contribution in [2.24, 2.45) is 0 Å². The Morgan fingerprint density at radius 3 is 2.80 bits per heavy atom. The Balaban J connectivity index is 1.47. The lowest BCUT2D eigenvalue weighted by atomic mass is 9.93. The lowest BCUT2D eigenvalue weighted by Crippen LogP contribution is -2.40. The van der Waals surface area contributed by atoms with Gasteiger partial charge in [0.2, 0.25) is 11.8 Å². The van der Waals surface area contributed by atoms with Crippen molar-refractivity contribution >= 4 is 5.91 Å². The molecule has 0 bridgehead atoms. The van der Waals surface area contributed by atoms with E-state index in [1.54, 1.807) is 7.11 Å². The maximum absolute atomic E-state index is 13.1. The first-order valence-electron chi connectivity index (χ1n) is 8.67. The number of nitrogens with one attached hydrogen (secondary N) is 1. The van der Waals surface area contributed by atoms with E-state index in [-0.39, 0.29) is 17.7 Å². The van der Waals surface area contributed by atoms with Gasteiger partial charge in [0, 0.05) is 24.6 Å². The van der Waals surface area contributed by atoms with Crippen LogP contribution in [0.3, 0.4) is 0 Å². The number of benzene rings is 1. The molecule has 132 valence electrons. The normalized spacial score (nSPS) is 20.5. The lowest BCUT2D eigenvalue weighted by Gasteiger charge is -2.32. The van der Waals surface area contributed by atoms with Crippen molar-refractivity contribution in [3.8, 4) is 5.75 Å². The number of aryl methyl sites for hydroxylation is 1. The average Bonchev–Trinajstić information content (AvgIpc) is 3.27. The topological polar surface area (TPSA) is 88.4 Å². The van der Waals surface area contributed by atoms with E-state index in [0.717, 1.165) is 37.0 Å². The van der Waals surface area contributed by atoms with Crippen LogP contribution in [0.15, 0.2) is 27.4 Å². The van der Waals surface area contributed by atoms with Crippen LogP contribution in [-0.2, 0) is 11.2 Å². The molecule has 7 heteroatoms. The van der Waals surface area contributed by atoms with Gasteiger partial charge in [-0.3, -0.25) is 4.79 Å². The Bertz CT molecular complexity index is 833. The Hall–Kier alpha value is -2.57. The van der Waals surface area contributed by atoms with Gasteiger partial charge >= 0.3 is 5.76 Å². The highest BCUT2D eigenvalue weighted by atomic mass is 16.5. The largest absolute Gasteiger partial charge is 0.496 e. The smallest absolute Gasteiger partial charge is 0.434 e. The van der Waals surface area contributed by atoms with Crippen LogP contribution in [0.2, 0.25) is 0 Å². The van der Waals surface area contributed by atoms with Gasteiger partial charge in [0.25, 0.3) is 0 Å². The fourth-order valence-electron chi connectivity index (χ4n) is 4.06. The molecular weight excluding hydrogens is 322 g/mol. The lowest BCUT2D eigenvalue weighted by molar-refractivity contribution is -0.134. The number of aromatic nitrogens is 2. The molecule has 2 heterocycles. The molecule has 25 heavy (non-hydrogen) atoms. The molecule has 2 aromatic rings. The first-order valence-corrected chi connectivity index (χ1v) is 8.67. The third-order valence-corrected chi connectivity index (χ3v) is 5.34. The summed E-state index contributed by atoms with van der Waals surface area (Å²) < 4.78 is 10.5. The number of likely N-dealkylation sites (tertiary alicyclic amines) is 1. The number of piperidine rings is 1. The van der Waals surface area contributed by atoms with Crippen LogP contribution in [0.4, 0.5) is 0 Å². The minimum atomic E-state index is -0.525. The predicted octanol–water partition coefficient (Wildman–Crippen LogP) is 1.81. The zero-order chi connectivity index (χ0) is 17.4. The number of aromatic amines is 1. The molecule has 1 atom stereocenters. The van der Waals surface area contributed by atoms with Gasteiger partial charge in [-0.05, 0) is 37.3 Å². The van der Waals surface area contributed by atoms with E-state index < -0.39 is 5.76 Å². The highest BCUT2D eigenvalue weighted by Gasteiger charge is 2.36. The number of carbonyl (C=O) groups is 1. The molecule has 1 saturated heterocycles. The number of methoxy groups -OCH3 is 1. The predicted molar refractivity (Wildman–Crippen MR) is 89.7 cm³/mol. The average molecular weight is 343 g/mol. The summed E-state index contributed by atoms with van der Waals surface area (Å²) in [5.74, 6) is 0.874. The summed E-state index contributed by atoms with van der Waals surface area (Å²) in [5.41, 5.74) is 2.27. The van der Waals surface area contributed by atoms with Crippen LogP contribution in [0.25, 0.3) is 0 Å². The minimum absolute atomic E-state index is 0.0911. The van der Waals surface area contributed by atoms with E-state index in [4.69, 9.17) is 9.15 Å². The van der Waals surface area contributed by atoms with Crippen LogP contribution in [0.5, 0.6) is 5.75 Å². The zero-order valence-electron chi connectivity index (χ0n) is 14.2. The molecule has 1 fully saturated rings. The van der Waals surface area contributed by atoms with Crippen LogP contribution >= 0.6 is 0 Å². The molecule has 2 aliphatic rings. The summed E-state index contributed by atoms with van der Waals surface area (Å²) in [6.07, 6.45) is 3.26. The van der Waals surface area contributed by atoms with Gasteiger partial charge in [0.05, 0.1) is 13.0 Å². The van der Waals surface area contributed by atoms with Gasteiger partial charge in [0.1, 0.15) is 5.75 Å². The van der Waals surface area contributed by atoms with Gasteiger partial charge in [-0.2, -0.15) is 0 Å². The van der Waals surface area contributed by atoms with Gasteiger partial charge < -0.3 is 14.1 Å². The quantitative estimate of drug-likeness (QED) is 0.918. The van der Waals surface area contributed by atoms with Crippen molar-refractivity contribution in [3.63, 3.8) is 0 Å². The molecule has 1 N–H and O–H groups in total. The van der Waals surface area contributed by atoms with Gasteiger partial charge in [-0.25, -0.2) is 9.89 Å². The fraction of sp³-hybridized carbons (Fsp3) is 0.500. The Morgan fingerprint density at radius 1 is 1.32 bits per heavy atom. The molecule has 0 spiro atoms. The number of H-pyrrole nitrogens is 1. The summed E-state index contributed by atoms with van der Waals surface area (Å²) in [6, 6.07) is 5.99. The van der Waals surface area contributed by atoms with E-state index in [9.17, 15) is 9.59 Å². The fourth-order valence-corrected chi connectivity index (χ4v) is 4.06. The first-order chi connectivity index (χ1) is 12.2. The van der Waals surface area contributed by atoms with E-state index in [1.165, 1.54) is 5.56 Å². The second-order valence-corrected chi connectivity index (χ2v) is 6.68. The van der Waals surface area contributed by atoms with E-state index in [0.29, 0.717) is 19.0 Å². The molecule has 1 aliphatic heterocycles. The van der Waals surface area contributed by atoms with Crippen molar-refractivity contribution in [1.29, 1.82) is 0 Å². The third kappa shape index (κ3) is 2.83. The van der Waals surface area contributed by atoms with Gasteiger partial charge in [0.15, 0.2) is 0 Å². The number of amides is 1. The highest BCUT2D eigenvalue weighted by Crippen LogP contribution is 2.41. The first kappa shape index (κ1) is 15.9. The summed E-state index contributed by atoms with van der Waals surface area (Å²) >= 11 is 0. The maximum atomic E-state index is 13.1. The van der Waals surface area contributed by atoms with E-state index >= 15 is 0 Å². The minimum Gasteiger partial charge on any atom is -0.496 e. The molecular formula is C18H21N3O4. The van der Waals surface area contributed by atoms with Crippen LogP contribution < -0.4 is 10.5 Å². The van der Waals surface area contributed by atoms with Crippen molar-refractivity contribution in [2.45, 2.75) is 37.5 Å². The maximum Gasteiger partial charge on any atom is 0.434 e. The van der Waals surface area contributed by atoms with Gasteiger partial charge in [-0.1, -0.05) is 12.1 Å². The second kappa shape index (κ2) is 6.38. The molecule has 0 saturated carbocycles. The highest BCUT2D eigenvalue weighted by molar-refractivity contribution is 5.86. The van der Waals surface area contributed by atoms with Crippen molar-refractivity contribution < 1.29 is 13.9 Å². The number of carbonyl (C=O) groups excluding carboxylic acids is 1. The van der Waals surface area contributed by atoms with Crippen LogP contribution in [-0.4, -0.2) is 41.2 Å². The standard InChI is InChI=1S/C18H21N3O4/c1-24-14-4-2-3-11-5-6-13(15(11)14)17(22)21-9-7-12(8-10-21)16-19-20-18(23)25-16/h2-4,12-13H,5-10H2,1H3,(H,20,23). The molecule has 1 unspecified atom stereocenters. The van der Waals surface area contributed by atoms with Crippen LogP contribution in [0.1, 0.15) is 48.1 Å². The Kier molecular flexibility index (Phi) is 4.07. The number of hydrogen-bond acceptors (Lipinski definition) is 5. The van der Waals surface area contributed by atoms with E-state index in [1.807, 2.05) is 17.0 Å². The Labute approximate surface area is 145 Å². The molecule has 1 aliphatic carbocycles. The zero-order valence-corrected chi connectivity index (χ0v) is 14.2. The van der Waals surface area contributed by atoms with E-state index in [2.05, 4.69) is 16.3 Å². The molecule has 1 amide bonds. The van der Waals surface area contributed by atoms with Crippen LogP contribution in [0, 0.1) is 0 Å². The second-order valence-electron chi connectivity index (χ2n) is 6.68. The molecule has 1 aromatic heterocycles. The molecule has 1 aromatic carbocycles. The summed E-state index contributed by atoms with van der Waals surface area (Å²) in [7, 11) is 1.65. The summed E-state index contributed by atoms with van der Waals surface area (Å²) in [4.78, 5) is 26.1. The molecule has 0 radical (unpaired) electrons. The van der Waals surface area contributed by atoms with Crippen molar-refractivity contribution in [1.82, 2.24) is 15.1 Å². The van der Waals surface area contributed by atoms with Crippen molar-refractivity contribution in [3.05, 3.63) is 45.8 Å². The monoisotopic (exact) mass is 343 g/mol. The number of rotatable bonds is 3. The summed E-state index contributed by atoms with van der Waals surface area (Å²) in [6.45, 7) is 1.31. The number of fused-ring (bicyclic) bond motifs is 1. The van der Waals surface area contributed by atoms with Gasteiger partial charge in [-0.15, -0.1) is 5.10 Å². The number of hydrogen-bond donors (Lipinski definition) is 1. The SMILES string of the molecule is COc1cccc2c1C(C(=O)N1CCC(c3n[nH]c(=O)o3)CC1)CC2. The Morgan fingerprint density at radius 2 is 2.12 bits per heavy atom. The summed E-state index contributed by atoms with van der Waals surface area (Å²) in [5, 5.41) is 6.22. The van der Waals surface area contributed by atoms with Crippen molar-refractivity contribution in [2.75, 3.05) is 20.2 Å². The number of nitrogens with zero attached hydrogens (tertiary/aromatic N) is 2.